The van der Waals surface area contributed by atoms with Gasteiger partial charge in [-0.15, -0.1) is 5.10 Å². The molecule has 0 unspecified atom stereocenters. The van der Waals surface area contributed by atoms with Crippen LogP contribution in [0.25, 0.3) is 34.1 Å². The van der Waals surface area contributed by atoms with Gasteiger partial charge in [-0.25, -0.2) is 9.37 Å². The number of nitrogens with zero attached hydrogens (tertiary/aromatic N) is 6. The lowest BCUT2D eigenvalue weighted by atomic mass is 10.1. The Morgan fingerprint density at radius 1 is 0.967 bits per heavy atom. The molecule has 5 rings (SSSR count). The monoisotopic (exact) mass is 438 g/mol. The SMILES string of the molecule is FCc1ccc(-n2nnnc2-c2c(-c3cc(Cl)ccc3Cl)nc3ccccn23)cc1. The summed E-state index contributed by atoms with van der Waals surface area (Å²) in [7, 11) is 0. The number of hydrogen-bond acceptors (Lipinski definition) is 4. The van der Waals surface area contributed by atoms with E-state index in [0.717, 1.165) is 0 Å². The molecule has 30 heavy (non-hydrogen) atoms. The van der Waals surface area contributed by atoms with Crippen molar-refractivity contribution >= 4 is 28.8 Å². The maximum atomic E-state index is 12.9. The van der Waals surface area contributed by atoms with Crippen molar-refractivity contribution in [2.24, 2.45) is 0 Å². The lowest BCUT2D eigenvalue weighted by Gasteiger charge is -2.08. The number of alkyl halides is 1. The molecule has 0 amide bonds. The highest BCUT2D eigenvalue weighted by atomic mass is 35.5. The second kappa shape index (κ2) is 7.51. The maximum absolute atomic E-state index is 12.9. The van der Waals surface area contributed by atoms with Crippen LogP contribution < -0.4 is 0 Å². The summed E-state index contributed by atoms with van der Waals surface area (Å²) in [5.41, 5.74) is 3.92. The minimum atomic E-state index is -0.534. The number of aromatic nitrogens is 6. The molecule has 0 radical (unpaired) electrons. The molecule has 3 heterocycles. The van der Waals surface area contributed by atoms with E-state index in [1.165, 1.54) is 0 Å². The fourth-order valence-corrected chi connectivity index (χ4v) is 3.69. The molecule has 0 aliphatic rings. The normalized spacial score (nSPS) is 11.3. The number of benzene rings is 2. The van der Waals surface area contributed by atoms with Crippen molar-refractivity contribution in [2.45, 2.75) is 6.67 Å². The summed E-state index contributed by atoms with van der Waals surface area (Å²) in [6.07, 6.45) is 1.88. The third kappa shape index (κ3) is 3.12. The van der Waals surface area contributed by atoms with Crippen LogP contribution in [-0.2, 0) is 6.67 Å². The van der Waals surface area contributed by atoms with Gasteiger partial charge in [0.05, 0.1) is 10.7 Å². The predicted molar refractivity (Wildman–Crippen MR) is 114 cm³/mol. The molecule has 0 saturated heterocycles. The van der Waals surface area contributed by atoms with E-state index in [0.29, 0.717) is 49.7 Å². The third-order valence-corrected chi connectivity index (χ3v) is 5.29. The molecule has 148 valence electrons. The van der Waals surface area contributed by atoms with E-state index in [2.05, 4.69) is 15.5 Å². The zero-order chi connectivity index (χ0) is 20.7. The summed E-state index contributed by atoms with van der Waals surface area (Å²) >= 11 is 12.7. The first kappa shape index (κ1) is 18.7. The van der Waals surface area contributed by atoms with Crippen molar-refractivity contribution in [3.05, 3.63) is 82.5 Å². The number of halogens is 3. The molecule has 3 aromatic heterocycles. The molecule has 0 atom stereocenters. The Morgan fingerprint density at radius 3 is 2.60 bits per heavy atom. The van der Waals surface area contributed by atoms with Gasteiger partial charge in [-0.05, 0) is 58.5 Å². The Labute approximate surface area is 180 Å². The summed E-state index contributed by atoms with van der Waals surface area (Å²) in [5, 5.41) is 13.3. The van der Waals surface area contributed by atoms with Gasteiger partial charge in [0.25, 0.3) is 0 Å². The minimum Gasteiger partial charge on any atom is -0.296 e. The molecule has 9 heteroatoms. The van der Waals surface area contributed by atoms with Crippen LogP contribution in [0.15, 0.2) is 66.9 Å². The van der Waals surface area contributed by atoms with Gasteiger partial charge < -0.3 is 0 Å². The van der Waals surface area contributed by atoms with Crippen LogP contribution >= 0.6 is 23.2 Å². The molecule has 6 nitrogen and oxygen atoms in total. The fourth-order valence-electron chi connectivity index (χ4n) is 3.31. The number of hydrogen-bond donors (Lipinski definition) is 0. The van der Waals surface area contributed by atoms with Crippen LogP contribution in [0.5, 0.6) is 0 Å². The summed E-state index contributed by atoms with van der Waals surface area (Å²) in [4.78, 5) is 4.76. The van der Waals surface area contributed by atoms with Gasteiger partial charge in [0.1, 0.15) is 23.7 Å². The average Bonchev–Trinajstić information content (AvgIpc) is 3.39. The highest BCUT2D eigenvalue weighted by Crippen LogP contribution is 2.37. The standard InChI is InChI=1S/C21H13Cl2FN6/c22-14-6-9-17(23)16(11-14)19-20(29-10-2-1-3-18(29)25-19)21-26-27-28-30(21)15-7-4-13(12-24)5-8-15/h1-11H,12H2. The van der Waals surface area contributed by atoms with Crippen LogP contribution in [-0.4, -0.2) is 29.6 Å². The van der Waals surface area contributed by atoms with Crippen molar-refractivity contribution in [3.8, 4) is 28.5 Å². The number of rotatable bonds is 4. The summed E-state index contributed by atoms with van der Waals surface area (Å²) in [5.74, 6) is 0.466. The lowest BCUT2D eigenvalue weighted by Crippen LogP contribution is -2.02. The van der Waals surface area contributed by atoms with E-state index in [1.54, 1.807) is 47.1 Å². The molecule has 0 aliphatic carbocycles. The summed E-state index contributed by atoms with van der Waals surface area (Å²) in [6, 6.07) is 17.8. The van der Waals surface area contributed by atoms with Crippen LogP contribution in [0, 0.1) is 0 Å². The largest absolute Gasteiger partial charge is 0.296 e. The molecule has 0 saturated carbocycles. The zero-order valence-corrected chi connectivity index (χ0v) is 16.9. The molecule has 0 fully saturated rings. The van der Waals surface area contributed by atoms with Crippen LogP contribution in [0.1, 0.15) is 5.56 Å². The van der Waals surface area contributed by atoms with Gasteiger partial charge in [-0.1, -0.05) is 41.4 Å². The Balaban J connectivity index is 1.78. The number of imidazole rings is 1. The van der Waals surface area contributed by atoms with Gasteiger partial charge in [-0.3, -0.25) is 4.40 Å². The Morgan fingerprint density at radius 2 is 1.80 bits per heavy atom. The summed E-state index contributed by atoms with van der Waals surface area (Å²) < 4.78 is 16.4. The second-order valence-corrected chi connectivity index (χ2v) is 7.42. The van der Waals surface area contributed by atoms with Crippen molar-refractivity contribution < 1.29 is 4.39 Å². The van der Waals surface area contributed by atoms with E-state index in [9.17, 15) is 4.39 Å². The average molecular weight is 439 g/mol. The van der Waals surface area contributed by atoms with Crippen molar-refractivity contribution in [1.82, 2.24) is 29.6 Å². The minimum absolute atomic E-state index is 0.466. The van der Waals surface area contributed by atoms with Gasteiger partial charge in [0.15, 0.2) is 0 Å². The molecule has 0 bridgehead atoms. The van der Waals surface area contributed by atoms with Crippen molar-refractivity contribution in [2.75, 3.05) is 0 Å². The van der Waals surface area contributed by atoms with Crippen LogP contribution in [0.2, 0.25) is 10.0 Å². The van der Waals surface area contributed by atoms with Crippen molar-refractivity contribution in [3.63, 3.8) is 0 Å². The molecule has 5 aromatic rings. The third-order valence-electron chi connectivity index (χ3n) is 4.73. The Bertz CT molecular complexity index is 1360. The highest BCUT2D eigenvalue weighted by molar-refractivity contribution is 6.35. The van der Waals surface area contributed by atoms with E-state index >= 15 is 0 Å². The fraction of sp³-hybridized carbons (Fsp3) is 0.0476. The Kier molecular flexibility index (Phi) is 4.69. The first-order chi connectivity index (χ1) is 14.7. The molecule has 2 aromatic carbocycles. The van der Waals surface area contributed by atoms with Crippen LogP contribution in [0.3, 0.4) is 0 Å². The number of fused-ring (bicyclic) bond motifs is 1. The quantitative estimate of drug-likeness (QED) is 0.375. The maximum Gasteiger partial charge on any atom is 0.206 e. The molecular weight excluding hydrogens is 426 g/mol. The lowest BCUT2D eigenvalue weighted by molar-refractivity contribution is 0.485. The molecule has 0 aliphatic heterocycles. The first-order valence-corrected chi connectivity index (χ1v) is 9.78. The van der Waals surface area contributed by atoms with Gasteiger partial charge in [0.2, 0.25) is 5.82 Å². The predicted octanol–water partition coefficient (Wildman–Crippen LogP) is 5.42. The van der Waals surface area contributed by atoms with E-state index in [4.69, 9.17) is 28.2 Å². The summed E-state index contributed by atoms with van der Waals surface area (Å²) in [6.45, 7) is -0.534. The van der Waals surface area contributed by atoms with E-state index in [1.807, 2.05) is 28.8 Å². The zero-order valence-electron chi connectivity index (χ0n) is 15.4. The van der Waals surface area contributed by atoms with Gasteiger partial charge in [0, 0.05) is 16.8 Å². The first-order valence-electron chi connectivity index (χ1n) is 9.02. The van der Waals surface area contributed by atoms with Gasteiger partial charge in [-0.2, -0.15) is 4.68 Å². The van der Waals surface area contributed by atoms with Crippen molar-refractivity contribution in [1.29, 1.82) is 0 Å². The second-order valence-electron chi connectivity index (χ2n) is 6.58. The number of pyridine rings is 1. The topological polar surface area (TPSA) is 60.9 Å². The van der Waals surface area contributed by atoms with Crippen LogP contribution in [0.4, 0.5) is 4.39 Å². The Hall–Kier alpha value is -3.29. The highest BCUT2D eigenvalue weighted by Gasteiger charge is 2.23. The smallest absolute Gasteiger partial charge is 0.206 e. The molecular formula is C21H13Cl2FN6. The van der Waals surface area contributed by atoms with E-state index in [-0.39, 0.29) is 0 Å². The molecule has 0 spiro atoms. The number of tetrazole rings is 1. The van der Waals surface area contributed by atoms with E-state index < -0.39 is 6.67 Å². The van der Waals surface area contributed by atoms with Gasteiger partial charge >= 0.3 is 0 Å². The molecule has 0 N–H and O–H groups in total.